The molecule has 2 aromatic carbocycles. The van der Waals surface area contributed by atoms with Gasteiger partial charge in [0.05, 0.1) is 18.6 Å². The summed E-state index contributed by atoms with van der Waals surface area (Å²) in [5.74, 6) is 1.03. The number of fused-ring (bicyclic) bond motifs is 1. The van der Waals surface area contributed by atoms with Crippen molar-refractivity contribution in [1.82, 2.24) is 15.6 Å². The predicted molar refractivity (Wildman–Crippen MR) is 131 cm³/mol. The Hall–Kier alpha value is -3.51. The first-order chi connectivity index (χ1) is 17.3. The van der Waals surface area contributed by atoms with E-state index in [0.717, 1.165) is 0 Å². The van der Waals surface area contributed by atoms with Gasteiger partial charge in [-0.05, 0) is 50.1 Å². The number of rotatable bonds is 12. The highest BCUT2D eigenvalue weighted by molar-refractivity contribution is 7.89. The molecule has 0 unspecified atom stereocenters. The van der Waals surface area contributed by atoms with Crippen LogP contribution in [0.3, 0.4) is 0 Å². The average Bonchev–Trinajstić information content (AvgIpc) is 2.89. The second-order valence-electron chi connectivity index (χ2n) is 7.81. The average molecular weight is 522 g/mol. The molecule has 0 spiro atoms. The first-order valence-corrected chi connectivity index (χ1v) is 13.1. The largest absolute Gasteiger partial charge is 0.493 e. The van der Waals surface area contributed by atoms with Crippen molar-refractivity contribution in [3.05, 3.63) is 42.0 Å². The van der Waals surface area contributed by atoms with Gasteiger partial charge in [-0.2, -0.15) is 0 Å². The molecule has 0 aliphatic carbocycles. The number of carbonyl (C=O) groups excluding carboxylic acids is 2. The van der Waals surface area contributed by atoms with Crippen LogP contribution in [0, 0.1) is 0 Å². The van der Waals surface area contributed by atoms with E-state index in [1.807, 2.05) is 6.92 Å². The Morgan fingerprint density at radius 2 is 1.72 bits per heavy atom. The molecular weight excluding hydrogens is 490 g/mol. The van der Waals surface area contributed by atoms with Crippen LogP contribution in [0.15, 0.2) is 41.3 Å². The number of methoxy groups -OCH3 is 1. The second-order valence-corrected chi connectivity index (χ2v) is 9.58. The quantitative estimate of drug-likeness (QED) is 0.285. The molecule has 0 atom stereocenters. The summed E-state index contributed by atoms with van der Waals surface area (Å²) < 4.78 is 49.0. The van der Waals surface area contributed by atoms with Crippen LogP contribution < -0.4 is 34.5 Å². The number of benzene rings is 2. The van der Waals surface area contributed by atoms with Gasteiger partial charge >= 0.3 is 0 Å². The monoisotopic (exact) mass is 521 g/mol. The number of hydrogen-bond donors (Lipinski definition) is 3. The minimum Gasteiger partial charge on any atom is -0.493 e. The Labute approximate surface area is 210 Å². The van der Waals surface area contributed by atoms with Crippen molar-refractivity contribution in [3.63, 3.8) is 0 Å². The summed E-state index contributed by atoms with van der Waals surface area (Å²) in [5, 5.41) is 0. The van der Waals surface area contributed by atoms with E-state index >= 15 is 0 Å². The lowest BCUT2D eigenvalue weighted by molar-refractivity contribution is -0.122. The smallest absolute Gasteiger partial charge is 0.269 e. The summed E-state index contributed by atoms with van der Waals surface area (Å²) >= 11 is 0. The molecule has 0 aromatic heterocycles. The molecule has 0 radical (unpaired) electrons. The standard InChI is InChI=1S/C24H31N3O8S/c1-3-33-19-10-8-17(15-21(19)32-2)24(29)27-26-23(28)7-5-4-6-12-25-36(30,31)18-9-11-20-22(16-18)35-14-13-34-20/h8-11,15-16,25H,3-7,12-14H2,1-2H3,(H,26,28)(H,27,29). The van der Waals surface area contributed by atoms with Crippen LogP contribution in [-0.4, -0.2) is 53.7 Å². The molecule has 1 aliphatic rings. The minimum atomic E-state index is -3.68. The summed E-state index contributed by atoms with van der Waals surface area (Å²) in [7, 11) is -2.21. The molecule has 11 nitrogen and oxygen atoms in total. The summed E-state index contributed by atoms with van der Waals surface area (Å²) in [6.45, 7) is 3.34. The van der Waals surface area contributed by atoms with Gasteiger partial charge in [0.1, 0.15) is 13.2 Å². The summed E-state index contributed by atoms with van der Waals surface area (Å²) in [6, 6.07) is 9.21. The SMILES string of the molecule is CCOc1ccc(C(=O)NNC(=O)CCCCCNS(=O)(=O)c2ccc3c(c2)OCCO3)cc1OC. The van der Waals surface area contributed by atoms with Crippen molar-refractivity contribution in [1.29, 1.82) is 0 Å². The van der Waals surface area contributed by atoms with Gasteiger partial charge in [-0.25, -0.2) is 13.1 Å². The van der Waals surface area contributed by atoms with E-state index in [1.165, 1.54) is 25.3 Å². The Kier molecular flexibility index (Phi) is 9.77. The second kappa shape index (κ2) is 13.0. The van der Waals surface area contributed by atoms with E-state index < -0.39 is 15.9 Å². The van der Waals surface area contributed by atoms with Crippen molar-refractivity contribution in [3.8, 4) is 23.0 Å². The molecule has 0 fully saturated rings. The topological polar surface area (TPSA) is 141 Å². The fraction of sp³-hybridized carbons (Fsp3) is 0.417. The Morgan fingerprint density at radius 1 is 0.944 bits per heavy atom. The molecule has 3 N–H and O–H groups in total. The first kappa shape index (κ1) is 27.1. The fourth-order valence-electron chi connectivity index (χ4n) is 3.41. The van der Waals surface area contributed by atoms with Crippen LogP contribution in [0.5, 0.6) is 23.0 Å². The third-order valence-electron chi connectivity index (χ3n) is 5.24. The van der Waals surface area contributed by atoms with Crippen LogP contribution in [0.25, 0.3) is 0 Å². The molecular formula is C24H31N3O8S. The third kappa shape index (κ3) is 7.49. The zero-order chi connectivity index (χ0) is 26.0. The number of hydrogen-bond acceptors (Lipinski definition) is 8. The number of hydrazine groups is 1. The van der Waals surface area contributed by atoms with Crippen molar-refractivity contribution in [2.45, 2.75) is 37.5 Å². The highest BCUT2D eigenvalue weighted by Crippen LogP contribution is 2.32. The number of sulfonamides is 1. The molecule has 0 saturated heterocycles. The fourth-order valence-corrected chi connectivity index (χ4v) is 4.50. The van der Waals surface area contributed by atoms with Gasteiger partial charge in [0.2, 0.25) is 15.9 Å². The summed E-state index contributed by atoms with van der Waals surface area (Å²) in [5.41, 5.74) is 5.05. The van der Waals surface area contributed by atoms with Crippen LogP contribution >= 0.6 is 0 Å². The third-order valence-corrected chi connectivity index (χ3v) is 6.70. The lowest BCUT2D eigenvalue weighted by Crippen LogP contribution is -2.41. The molecule has 12 heteroatoms. The number of unbranched alkanes of at least 4 members (excludes halogenated alkanes) is 2. The maximum Gasteiger partial charge on any atom is 0.269 e. The van der Waals surface area contributed by atoms with Gasteiger partial charge in [0.25, 0.3) is 5.91 Å². The van der Waals surface area contributed by atoms with E-state index in [9.17, 15) is 18.0 Å². The summed E-state index contributed by atoms with van der Waals surface area (Å²) in [6.07, 6.45) is 1.89. The van der Waals surface area contributed by atoms with Crippen LogP contribution in [0.1, 0.15) is 43.0 Å². The number of amides is 2. The van der Waals surface area contributed by atoms with Crippen molar-refractivity contribution in [2.24, 2.45) is 0 Å². The van der Waals surface area contributed by atoms with Crippen LogP contribution in [-0.2, 0) is 14.8 Å². The van der Waals surface area contributed by atoms with Gasteiger partial charge in [0.15, 0.2) is 23.0 Å². The van der Waals surface area contributed by atoms with Crippen molar-refractivity contribution >= 4 is 21.8 Å². The lowest BCUT2D eigenvalue weighted by Gasteiger charge is -2.18. The van der Waals surface area contributed by atoms with E-state index in [4.69, 9.17) is 18.9 Å². The zero-order valence-electron chi connectivity index (χ0n) is 20.3. The molecule has 36 heavy (non-hydrogen) atoms. The van der Waals surface area contributed by atoms with E-state index in [0.29, 0.717) is 67.6 Å². The van der Waals surface area contributed by atoms with E-state index in [-0.39, 0.29) is 23.8 Å². The van der Waals surface area contributed by atoms with Crippen molar-refractivity contribution in [2.75, 3.05) is 33.5 Å². The Bertz CT molecular complexity index is 1170. The van der Waals surface area contributed by atoms with Gasteiger partial charge in [-0.1, -0.05) is 6.42 Å². The van der Waals surface area contributed by atoms with Crippen LogP contribution in [0.4, 0.5) is 0 Å². The molecule has 1 aliphatic heterocycles. The van der Waals surface area contributed by atoms with Crippen molar-refractivity contribution < 1.29 is 37.0 Å². The number of nitrogens with one attached hydrogen (secondary N) is 3. The number of ether oxygens (including phenoxy) is 4. The lowest BCUT2D eigenvalue weighted by atomic mass is 10.2. The highest BCUT2D eigenvalue weighted by atomic mass is 32.2. The molecule has 3 rings (SSSR count). The minimum absolute atomic E-state index is 0.104. The maximum absolute atomic E-state index is 12.5. The highest BCUT2D eigenvalue weighted by Gasteiger charge is 2.19. The molecule has 1 heterocycles. The van der Waals surface area contributed by atoms with E-state index in [2.05, 4.69) is 15.6 Å². The van der Waals surface area contributed by atoms with Gasteiger partial charge in [-0.15, -0.1) is 0 Å². The van der Waals surface area contributed by atoms with Gasteiger partial charge in [0, 0.05) is 24.6 Å². The Morgan fingerprint density at radius 3 is 2.47 bits per heavy atom. The normalized spacial score (nSPS) is 12.5. The molecule has 0 bridgehead atoms. The molecule has 196 valence electrons. The van der Waals surface area contributed by atoms with Gasteiger partial charge in [-0.3, -0.25) is 20.4 Å². The summed E-state index contributed by atoms with van der Waals surface area (Å²) in [4.78, 5) is 24.4. The molecule has 2 amide bonds. The van der Waals surface area contributed by atoms with Crippen LogP contribution in [0.2, 0.25) is 0 Å². The van der Waals surface area contributed by atoms with Gasteiger partial charge < -0.3 is 18.9 Å². The molecule has 0 saturated carbocycles. The first-order valence-electron chi connectivity index (χ1n) is 11.6. The Balaban J connectivity index is 1.34. The maximum atomic E-state index is 12.5. The predicted octanol–water partition coefficient (Wildman–Crippen LogP) is 2.17. The van der Waals surface area contributed by atoms with E-state index in [1.54, 1.807) is 18.2 Å². The zero-order valence-corrected chi connectivity index (χ0v) is 21.1. The number of carbonyl (C=O) groups is 2. The molecule has 2 aromatic rings.